The lowest BCUT2D eigenvalue weighted by atomic mass is 9.55. The molecule has 2 heterocycles. The van der Waals surface area contributed by atoms with Crippen LogP contribution in [0, 0.1) is 22.7 Å². The Morgan fingerprint density at radius 3 is 2.38 bits per heavy atom. The van der Waals surface area contributed by atoms with Crippen molar-refractivity contribution in [3.05, 3.63) is 24.3 Å². The van der Waals surface area contributed by atoms with Crippen LogP contribution in [0.25, 0.3) is 0 Å². The molecular weight excluding hydrogens is 436 g/mol. The van der Waals surface area contributed by atoms with Crippen molar-refractivity contribution in [3.63, 3.8) is 0 Å². The molecule has 7 heteroatoms. The fourth-order valence-corrected chi connectivity index (χ4v) is 7.63. The van der Waals surface area contributed by atoms with Crippen molar-refractivity contribution in [1.29, 1.82) is 0 Å². The van der Waals surface area contributed by atoms with Gasteiger partial charge in [-0.2, -0.15) is 0 Å². The average Bonchev–Trinajstić information content (AvgIpc) is 3.00. The summed E-state index contributed by atoms with van der Waals surface area (Å²) in [7, 11) is 3.26. The predicted molar refractivity (Wildman–Crippen MR) is 126 cm³/mol. The normalized spacial score (nSPS) is 44.7. The minimum absolute atomic E-state index is 0.157. The summed E-state index contributed by atoms with van der Waals surface area (Å²) in [4.78, 5) is 0. The maximum absolute atomic E-state index is 12.2. The molecule has 2 unspecified atom stereocenters. The highest BCUT2D eigenvalue weighted by Crippen LogP contribution is 2.67. The first-order valence-corrected chi connectivity index (χ1v) is 12.6. The van der Waals surface area contributed by atoms with Crippen LogP contribution < -0.4 is 9.47 Å². The molecule has 4 aliphatic rings. The van der Waals surface area contributed by atoms with Gasteiger partial charge in [-0.25, -0.2) is 0 Å². The Morgan fingerprint density at radius 2 is 1.71 bits per heavy atom. The summed E-state index contributed by atoms with van der Waals surface area (Å²) in [5.74, 6) is 0.0486. The Hall–Kier alpha value is -1.38. The molecule has 0 amide bonds. The van der Waals surface area contributed by atoms with E-state index in [0.717, 1.165) is 31.4 Å². The topological polar surface area (TPSA) is 86.6 Å². The molecule has 2 saturated heterocycles. The lowest BCUT2D eigenvalue weighted by Crippen LogP contribution is -2.73. The van der Waals surface area contributed by atoms with Gasteiger partial charge in [0.15, 0.2) is 5.79 Å². The summed E-state index contributed by atoms with van der Waals surface area (Å²) >= 11 is 0. The predicted octanol–water partition coefficient (Wildman–Crippen LogP) is 3.90. The Kier molecular flexibility index (Phi) is 5.97. The van der Waals surface area contributed by atoms with E-state index in [9.17, 15) is 10.2 Å². The summed E-state index contributed by atoms with van der Waals surface area (Å²) in [6, 6.07) is 7.50. The molecule has 34 heavy (non-hydrogen) atoms. The van der Waals surface area contributed by atoms with Gasteiger partial charge >= 0.3 is 0 Å². The van der Waals surface area contributed by atoms with Crippen LogP contribution in [0.2, 0.25) is 0 Å². The van der Waals surface area contributed by atoms with Gasteiger partial charge in [-0.15, -0.1) is 0 Å². The van der Waals surface area contributed by atoms with E-state index >= 15 is 0 Å². The number of hydrogen-bond acceptors (Lipinski definition) is 7. The monoisotopic (exact) mass is 476 g/mol. The summed E-state index contributed by atoms with van der Waals surface area (Å²) in [6.07, 6.45) is 3.22. The smallest absolute Gasteiger partial charge is 0.172 e. The van der Waals surface area contributed by atoms with E-state index in [0.29, 0.717) is 18.6 Å². The Bertz CT molecular complexity index is 887. The van der Waals surface area contributed by atoms with Crippen LogP contribution in [-0.4, -0.2) is 60.9 Å². The van der Waals surface area contributed by atoms with Gasteiger partial charge in [0.25, 0.3) is 0 Å². The van der Waals surface area contributed by atoms with Crippen LogP contribution >= 0.6 is 0 Å². The summed E-state index contributed by atoms with van der Waals surface area (Å²) in [5.41, 5.74) is -2.13. The molecular formula is C27H40O7. The number of fused-ring (bicyclic) bond motifs is 7. The molecule has 0 aromatic heterocycles. The van der Waals surface area contributed by atoms with Gasteiger partial charge in [0.2, 0.25) is 0 Å². The number of rotatable bonds is 6. The van der Waals surface area contributed by atoms with Crippen LogP contribution in [0.1, 0.15) is 59.3 Å². The van der Waals surface area contributed by atoms with Crippen molar-refractivity contribution in [1.82, 2.24) is 0 Å². The largest absolute Gasteiger partial charge is 0.497 e. The van der Waals surface area contributed by atoms with Crippen molar-refractivity contribution in [2.24, 2.45) is 22.7 Å². The van der Waals surface area contributed by atoms with Gasteiger partial charge in [0.05, 0.1) is 18.8 Å². The quantitative estimate of drug-likeness (QED) is 0.602. The summed E-state index contributed by atoms with van der Waals surface area (Å²) in [6.45, 7) is 6.53. The molecule has 7 nitrogen and oxygen atoms in total. The first-order chi connectivity index (χ1) is 16.1. The van der Waals surface area contributed by atoms with Crippen LogP contribution in [0.5, 0.6) is 11.5 Å². The molecule has 2 saturated carbocycles. The first kappa shape index (κ1) is 24.3. The van der Waals surface area contributed by atoms with Crippen LogP contribution in [0.4, 0.5) is 0 Å². The molecule has 5 rings (SSSR count). The number of hydrogen-bond donors (Lipinski definition) is 2. The third kappa shape index (κ3) is 3.34. The second kappa shape index (κ2) is 8.34. The van der Waals surface area contributed by atoms with Crippen molar-refractivity contribution >= 4 is 0 Å². The second-order valence-corrected chi connectivity index (χ2v) is 11.6. The maximum atomic E-state index is 12.2. The molecule has 4 bridgehead atoms. The molecule has 4 fully saturated rings. The molecule has 1 aromatic carbocycles. The fraction of sp³-hybridized carbons (Fsp3) is 0.778. The van der Waals surface area contributed by atoms with Gasteiger partial charge in [0, 0.05) is 24.9 Å². The van der Waals surface area contributed by atoms with Crippen molar-refractivity contribution in [2.75, 3.05) is 21.0 Å². The highest BCUT2D eigenvalue weighted by Gasteiger charge is 2.74. The first-order valence-electron chi connectivity index (χ1n) is 12.6. The zero-order chi connectivity index (χ0) is 24.4. The molecule has 2 aliphatic carbocycles. The Morgan fingerprint density at radius 1 is 1.00 bits per heavy atom. The maximum Gasteiger partial charge on any atom is 0.172 e. The van der Waals surface area contributed by atoms with Gasteiger partial charge in [0.1, 0.15) is 30.5 Å². The van der Waals surface area contributed by atoms with E-state index in [-0.39, 0.29) is 24.7 Å². The van der Waals surface area contributed by atoms with Crippen LogP contribution in [0.3, 0.4) is 0 Å². The number of benzene rings is 1. The third-order valence-corrected chi connectivity index (χ3v) is 9.92. The van der Waals surface area contributed by atoms with Crippen molar-refractivity contribution in [2.45, 2.75) is 89.0 Å². The summed E-state index contributed by atoms with van der Waals surface area (Å²) in [5, 5.41) is 24.4. The van der Waals surface area contributed by atoms with E-state index in [2.05, 4.69) is 20.8 Å². The molecule has 8 atom stereocenters. The molecule has 2 N–H and O–H groups in total. The zero-order valence-electron chi connectivity index (χ0n) is 21.1. The molecule has 190 valence electrons. The molecule has 1 aromatic rings. The standard InChI is InChI=1S/C27H40O7/c1-24(2)17-12-14-26(24,28)23-22(33-19-10-8-18(31-5)9-11-19)21-20(32-16-30-4)7-6-13-25(21,3)27(29,15-17)34-23/h8-11,17,20-23,28-29H,6-7,12-16H2,1-5H3/t17?,20-,21-,22-,23-,25-,26?,27+/m1/s1. The number of aliphatic hydroxyl groups is 2. The average molecular weight is 477 g/mol. The van der Waals surface area contributed by atoms with Crippen molar-refractivity contribution < 1.29 is 33.9 Å². The highest BCUT2D eigenvalue weighted by molar-refractivity contribution is 5.32. The molecule has 0 spiro atoms. The SMILES string of the molecule is COCO[C@@H]1CCC[C@]2(C)[C@H]1[C@@H](Oc1ccc(OC)cc1)[C@H]1O[C@@]2(O)CC2CCC1(O)C2(C)C. The molecule has 0 radical (unpaired) electrons. The van der Waals surface area contributed by atoms with Gasteiger partial charge < -0.3 is 33.9 Å². The van der Waals surface area contributed by atoms with Gasteiger partial charge in [-0.05, 0) is 61.3 Å². The van der Waals surface area contributed by atoms with E-state index < -0.39 is 34.4 Å². The Balaban J connectivity index is 1.63. The van der Waals surface area contributed by atoms with Gasteiger partial charge in [-0.3, -0.25) is 0 Å². The highest BCUT2D eigenvalue weighted by atomic mass is 16.7. The third-order valence-electron chi connectivity index (χ3n) is 9.92. The Labute approximate surface area is 202 Å². The van der Waals surface area contributed by atoms with Crippen LogP contribution in [0.15, 0.2) is 24.3 Å². The van der Waals surface area contributed by atoms with E-state index in [1.807, 2.05) is 24.3 Å². The fourth-order valence-electron chi connectivity index (χ4n) is 7.63. The van der Waals surface area contributed by atoms with E-state index in [1.165, 1.54) is 0 Å². The van der Waals surface area contributed by atoms with E-state index in [4.69, 9.17) is 23.7 Å². The number of ether oxygens (including phenoxy) is 5. The lowest BCUT2D eigenvalue weighted by molar-refractivity contribution is -0.390. The van der Waals surface area contributed by atoms with Crippen LogP contribution in [-0.2, 0) is 14.2 Å². The van der Waals surface area contributed by atoms with Gasteiger partial charge in [-0.1, -0.05) is 27.2 Å². The summed E-state index contributed by atoms with van der Waals surface area (Å²) < 4.78 is 30.1. The van der Waals surface area contributed by atoms with E-state index in [1.54, 1.807) is 14.2 Å². The number of methoxy groups -OCH3 is 2. The minimum atomic E-state index is -1.36. The lowest BCUT2D eigenvalue weighted by Gasteiger charge is -2.62. The molecule has 2 aliphatic heterocycles. The minimum Gasteiger partial charge on any atom is -0.497 e. The van der Waals surface area contributed by atoms with Crippen molar-refractivity contribution in [3.8, 4) is 11.5 Å². The zero-order valence-corrected chi connectivity index (χ0v) is 21.1. The second-order valence-electron chi connectivity index (χ2n) is 11.6.